The number of thioether (sulfide) groups is 1. The summed E-state index contributed by atoms with van der Waals surface area (Å²) in [4.78, 5) is 11.0. The van der Waals surface area contributed by atoms with E-state index in [1.807, 2.05) is 24.8 Å². The van der Waals surface area contributed by atoms with Gasteiger partial charge in [0.05, 0.1) is 0 Å². The molecule has 2 rings (SSSR count). The van der Waals surface area contributed by atoms with Gasteiger partial charge in [-0.25, -0.2) is 9.97 Å². The lowest BCUT2D eigenvalue weighted by atomic mass is 10.3. The van der Waals surface area contributed by atoms with Crippen LogP contribution < -0.4 is 10.6 Å². The predicted molar refractivity (Wildman–Crippen MR) is 75.9 cm³/mol. The molecule has 0 spiro atoms. The van der Waals surface area contributed by atoms with E-state index in [-0.39, 0.29) is 0 Å². The van der Waals surface area contributed by atoms with E-state index in [9.17, 15) is 0 Å². The number of hydrogen-bond acceptors (Lipinski definition) is 6. The van der Waals surface area contributed by atoms with Crippen LogP contribution in [-0.4, -0.2) is 41.2 Å². The Bertz CT molecular complexity index is 380. The molecule has 1 aliphatic rings. The Morgan fingerprint density at radius 1 is 1.39 bits per heavy atom. The third-order valence-electron chi connectivity index (χ3n) is 2.76. The number of aromatic nitrogens is 2. The van der Waals surface area contributed by atoms with Crippen LogP contribution in [0.1, 0.15) is 19.2 Å². The zero-order chi connectivity index (χ0) is 12.8. The number of rotatable bonds is 4. The average Bonchev–Trinajstić information content (AvgIpc) is 2.64. The van der Waals surface area contributed by atoms with Crippen molar-refractivity contribution < 1.29 is 4.74 Å². The van der Waals surface area contributed by atoms with E-state index in [0.29, 0.717) is 24.9 Å². The minimum absolute atomic E-state index is 0.428. The van der Waals surface area contributed by atoms with Crippen LogP contribution in [0.4, 0.5) is 11.6 Å². The molecule has 1 fully saturated rings. The fraction of sp³-hybridized carbons (Fsp3) is 0.667. The maximum atomic E-state index is 5.84. The molecule has 2 N–H and O–H groups in total. The van der Waals surface area contributed by atoms with Gasteiger partial charge in [-0.1, -0.05) is 0 Å². The summed E-state index contributed by atoms with van der Waals surface area (Å²) in [6.07, 6.45) is 1.19. The smallest absolute Gasteiger partial charge is 0.158 e. The molecular weight excluding hydrogens is 248 g/mol. The topological polar surface area (TPSA) is 64.3 Å². The monoisotopic (exact) mass is 268 g/mol. The minimum atomic E-state index is 0.428. The highest BCUT2D eigenvalue weighted by molar-refractivity contribution is 7.99. The molecule has 6 heteroatoms. The molecule has 0 bridgehead atoms. The molecule has 1 aromatic heterocycles. The molecule has 18 heavy (non-hydrogen) atoms. The van der Waals surface area contributed by atoms with Gasteiger partial charge in [0.25, 0.3) is 0 Å². The first-order chi connectivity index (χ1) is 8.79. The summed E-state index contributed by atoms with van der Waals surface area (Å²) in [5.41, 5.74) is 5.84. The summed E-state index contributed by atoms with van der Waals surface area (Å²) in [6, 6.07) is 1.85. The lowest BCUT2D eigenvalue weighted by molar-refractivity contribution is 0.128. The molecule has 0 atom stereocenters. The summed E-state index contributed by atoms with van der Waals surface area (Å²) in [5, 5.41) is 0. The van der Waals surface area contributed by atoms with Crippen molar-refractivity contribution in [1.82, 2.24) is 9.97 Å². The van der Waals surface area contributed by atoms with Crippen molar-refractivity contribution in [1.29, 1.82) is 0 Å². The van der Waals surface area contributed by atoms with E-state index in [1.165, 1.54) is 12.2 Å². The molecule has 2 heterocycles. The summed E-state index contributed by atoms with van der Waals surface area (Å²) in [6.45, 7) is 5.11. The highest BCUT2D eigenvalue weighted by Crippen LogP contribution is 2.19. The van der Waals surface area contributed by atoms with Crippen molar-refractivity contribution in [2.24, 2.45) is 0 Å². The van der Waals surface area contributed by atoms with Crippen LogP contribution in [0.2, 0.25) is 0 Å². The zero-order valence-corrected chi connectivity index (χ0v) is 11.6. The highest BCUT2D eigenvalue weighted by atomic mass is 32.2. The van der Waals surface area contributed by atoms with Gasteiger partial charge >= 0.3 is 0 Å². The Balaban J connectivity index is 2.12. The van der Waals surface area contributed by atoms with Crippen LogP contribution in [0.15, 0.2) is 6.07 Å². The van der Waals surface area contributed by atoms with E-state index in [4.69, 9.17) is 10.5 Å². The maximum absolute atomic E-state index is 5.84. The van der Waals surface area contributed by atoms with E-state index >= 15 is 0 Å². The lowest BCUT2D eigenvalue weighted by Crippen LogP contribution is -2.27. The second-order valence-corrected chi connectivity index (χ2v) is 5.38. The summed E-state index contributed by atoms with van der Waals surface area (Å²) in [7, 11) is 0. The van der Waals surface area contributed by atoms with E-state index in [1.54, 1.807) is 0 Å². The van der Waals surface area contributed by atoms with Crippen molar-refractivity contribution in [3.8, 4) is 0 Å². The molecule has 1 aromatic rings. The number of nitrogen functional groups attached to an aromatic ring is 1. The van der Waals surface area contributed by atoms with Gasteiger partial charge in [-0.05, 0) is 19.1 Å². The molecule has 0 radical (unpaired) electrons. The van der Waals surface area contributed by atoms with Crippen LogP contribution in [0.3, 0.4) is 0 Å². The Hall–Kier alpha value is -1.01. The normalized spacial score (nSPS) is 16.6. The molecule has 0 saturated carbocycles. The van der Waals surface area contributed by atoms with Crippen molar-refractivity contribution in [3.05, 3.63) is 11.9 Å². The van der Waals surface area contributed by atoms with Crippen LogP contribution >= 0.6 is 11.8 Å². The third-order valence-corrected chi connectivity index (χ3v) is 3.81. The third kappa shape index (κ3) is 3.74. The Labute approximate surface area is 112 Å². The first-order valence-electron chi connectivity index (χ1n) is 6.33. The van der Waals surface area contributed by atoms with Gasteiger partial charge in [0.15, 0.2) is 5.82 Å². The van der Waals surface area contributed by atoms with Gasteiger partial charge in [-0.3, -0.25) is 0 Å². The van der Waals surface area contributed by atoms with Crippen LogP contribution in [0.5, 0.6) is 0 Å². The molecule has 0 aromatic carbocycles. The average molecular weight is 268 g/mol. The van der Waals surface area contributed by atoms with Crippen LogP contribution in [-0.2, 0) is 11.3 Å². The standard InChI is InChI=1S/C12H20N4OS/c1-2-17-9-11-14-10(13)8-12(15-11)16-4-3-6-18-7-5-16/h8H,2-7,9H2,1H3,(H2,13,14,15). The molecule has 1 aliphatic heterocycles. The predicted octanol–water partition coefficient (Wildman–Crippen LogP) is 1.54. The zero-order valence-electron chi connectivity index (χ0n) is 10.8. The number of hydrogen-bond donors (Lipinski definition) is 1. The number of nitrogens with two attached hydrogens (primary N) is 1. The molecule has 5 nitrogen and oxygen atoms in total. The second-order valence-electron chi connectivity index (χ2n) is 4.16. The van der Waals surface area contributed by atoms with E-state index in [0.717, 1.165) is 24.7 Å². The Kier molecular flexibility index (Phi) is 5.07. The molecular formula is C12H20N4OS. The van der Waals surface area contributed by atoms with Gasteiger partial charge < -0.3 is 15.4 Å². The SMILES string of the molecule is CCOCc1nc(N)cc(N2CCCSCC2)n1. The highest BCUT2D eigenvalue weighted by Gasteiger charge is 2.13. The fourth-order valence-electron chi connectivity index (χ4n) is 1.90. The largest absolute Gasteiger partial charge is 0.384 e. The molecule has 0 amide bonds. The first kappa shape index (κ1) is 13.4. The summed E-state index contributed by atoms with van der Waals surface area (Å²) in [5.74, 6) is 4.49. The maximum Gasteiger partial charge on any atom is 0.158 e. The second kappa shape index (κ2) is 6.80. The molecule has 1 saturated heterocycles. The van der Waals surface area contributed by atoms with Crippen molar-refractivity contribution >= 4 is 23.4 Å². The fourth-order valence-corrected chi connectivity index (χ4v) is 2.78. The Morgan fingerprint density at radius 3 is 3.11 bits per heavy atom. The lowest BCUT2D eigenvalue weighted by Gasteiger charge is -2.21. The van der Waals surface area contributed by atoms with E-state index < -0.39 is 0 Å². The van der Waals surface area contributed by atoms with Crippen molar-refractivity contribution in [3.63, 3.8) is 0 Å². The minimum Gasteiger partial charge on any atom is -0.384 e. The molecule has 0 aliphatic carbocycles. The number of anilines is 2. The van der Waals surface area contributed by atoms with Gasteiger partial charge in [0.2, 0.25) is 0 Å². The Morgan fingerprint density at radius 2 is 2.28 bits per heavy atom. The van der Waals surface area contributed by atoms with Gasteiger partial charge in [0, 0.05) is 31.5 Å². The quantitative estimate of drug-likeness (QED) is 0.893. The molecule has 0 unspecified atom stereocenters. The van der Waals surface area contributed by atoms with Crippen LogP contribution in [0.25, 0.3) is 0 Å². The van der Waals surface area contributed by atoms with Gasteiger partial charge in [0.1, 0.15) is 18.2 Å². The van der Waals surface area contributed by atoms with Gasteiger partial charge in [-0.2, -0.15) is 11.8 Å². The number of ether oxygens (including phenoxy) is 1. The summed E-state index contributed by atoms with van der Waals surface area (Å²) < 4.78 is 5.34. The summed E-state index contributed by atoms with van der Waals surface area (Å²) >= 11 is 2.00. The first-order valence-corrected chi connectivity index (χ1v) is 7.49. The molecule has 100 valence electrons. The van der Waals surface area contributed by atoms with Crippen LogP contribution in [0, 0.1) is 0 Å². The van der Waals surface area contributed by atoms with Crippen molar-refractivity contribution in [2.75, 3.05) is 41.8 Å². The van der Waals surface area contributed by atoms with Crippen molar-refractivity contribution in [2.45, 2.75) is 20.0 Å². The van der Waals surface area contributed by atoms with E-state index in [2.05, 4.69) is 14.9 Å². The van der Waals surface area contributed by atoms with Gasteiger partial charge in [-0.15, -0.1) is 0 Å². The number of nitrogens with zero attached hydrogens (tertiary/aromatic N) is 3.